The highest BCUT2D eigenvalue weighted by atomic mass is 19.4. The summed E-state index contributed by atoms with van der Waals surface area (Å²) in [5, 5.41) is 7.85. The van der Waals surface area contributed by atoms with Crippen molar-refractivity contribution in [3.05, 3.63) is 54.2 Å². The van der Waals surface area contributed by atoms with E-state index in [1.54, 1.807) is 56.5 Å². The Hall–Kier alpha value is -4.29. The molecule has 0 saturated carbocycles. The molecule has 0 radical (unpaired) electrons. The van der Waals surface area contributed by atoms with Crippen molar-refractivity contribution >= 4 is 22.8 Å². The minimum Gasteiger partial charge on any atom is -0.444 e. The first-order chi connectivity index (χ1) is 18.9. The number of carbonyl (C=O) groups is 1. The number of carbonyl (C=O) groups excluding carboxylic acids is 1. The lowest BCUT2D eigenvalue weighted by Gasteiger charge is -2.35. The van der Waals surface area contributed by atoms with E-state index in [1.165, 1.54) is 10.7 Å². The number of halogens is 3. The highest BCUT2D eigenvalue weighted by Crippen LogP contribution is 2.37. The van der Waals surface area contributed by atoms with Crippen LogP contribution in [0.25, 0.3) is 28.1 Å². The quantitative estimate of drug-likeness (QED) is 0.371. The Kier molecular flexibility index (Phi) is 7.06. The van der Waals surface area contributed by atoms with Crippen LogP contribution in [0.3, 0.4) is 0 Å². The number of fused-ring (bicyclic) bond motifs is 1. The molecule has 40 heavy (non-hydrogen) atoms. The monoisotopic (exact) mass is 554 g/mol. The van der Waals surface area contributed by atoms with Gasteiger partial charge in [0.2, 0.25) is 0 Å². The summed E-state index contributed by atoms with van der Waals surface area (Å²) in [7, 11) is 0. The van der Waals surface area contributed by atoms with Crippen molar-refractivity contribution in [1.29, 1.82) is 0 Å². The van der Waals surface area contributed by atoms with E-state index < -0.39 is 29.5 Å². The van der Waals surface area contributed by atoms with Crippen LogP contribution in [-0.2, 0) is 10.9 Å². The second kappa shape index (κ2) is 10.4. The molecule has 13 heteroatoms. The Morgan fingerprint density at radius 3 is 2.60 bits per heavy atom. The predicted molar refractivity (Wildman–Crippen MR) is 142 cm³/mol. The highest BCUT2D eigenvalue weighted by molar-refractivity contribution is 5.82. The van der Waals surface area contributed by atoms with E-state index in [0.29, 0.717) is 41.7 Å². The Labute approximate surface area is 228 Å². The van der Waals surface area contributed by atoms with Gasteiger partial charge < -0.3 is 15.0 Å². The SMILES string of the molecule is Cc1cncc(-c2cc3c(cn2)cnn3-c2ccc(C(F)(F)F)c(N3CCCC(NC(=O)OC(C)(C)C)C3)n2)n1. The summed E-state index contributed by atoms with van der Waals surface area (Å²) in [4.78, 5) is 31.4. The zero-order valence-corrected chi connectivity index (χ0v) is 22.5. The number of anilines is 1. The molecule has 1 unspecified atom stereocenters. The molecular formula is C27H29F3N8O2. The molecule has 1 N–H and O–H groups in total. The van der Waals surface area contributed by atoms with E-state index in [1.807, 2.05) is 6.92 Å². The molecule has 1 amide bonds. The summed E-state index contributed by atoms with van der Waals surface area (Å²) in [6.45, 7) is 7.57. The number of alkyl carbamates (subject to hydrolysis) is 1. The summed E-state index contributed by atoms with van der Waals surface area (Å²) >= 11 is 0. The molecule has 4 aromatic heterocycles. The van der Waals surface area contributed by atoms with Crippen LogP contribution >= 0.6 is 0 Å². The van der Waals surface area contributed by atoms with Crippen LogP contribution in [0.4, 0.5) is 23.8 Å². The van der Waals surface area contributed by atoms with Crippen LogP contribution in [-0.4, -0.2) is 60.5 Å². The Bertz CT molecular complexity index is 1550. The molecule has 1 saturated heterocycles. The van der Waals surface area contributed by atoms with E-state index in [4.69, 9.17) is 4.74 Å². The molecule has 0 aromatic carbocycles. The maximum atomic E-state index is 14.1. The van der Waals surface area contributed by atoms with E-state index in [-0.39, 0.29) is 18.2 Å². The molecule has 1 fully saturated rings. The second-order valence-electron chi connectivity index (χ2n) is 10.7. The van der Waals surface area contributed by atoms with Crippen molar-refractivity contribution in [2.45, 2.75) is 58.4 Å². The van der Waals surface area contributed by atoms with E-state index in [2.05, 4.69) is 30.4 Å². The van der Waals surface area contributed by atoms with Gasteiger partial charge in [-0.2, -0.15) is 18.3 Å². The first-order valence-corrected chi connectivity index (χ1v) is 12.8. The summed E-state index contributed by atoms with van der Waals surface area (Å²) in [6.07, 6.45) is 2.37. The van der Waals surface area contributed by atoms with Crippen molar-refractivity contribution < 1.29 is 22.7 Å². The third-order valence-electron chi connectivity index (χ3n) is 6.29. The summed E-state index contributed by atoms with van der Waals surface area (Å²) in [5.41, 5.74) is 0.892. The smallest absolute Gasteiger partial charge is 0.419 e. The number of hydrogen-bond donors (Lipinski definition) is 1. The van der Waals surface area contributed by atoms with Crippen LogP contribution in [0.15, 0.2) is 43.0 Å². The molecule has 1 aliphatic heterocycles. The van der Waals surface area contributed by atoms with Crippen molar-refractivity contribution in [3.63, 3.8) is 0 Å². The molecule has 1 aliphatic rings. The largest absolute Gasteiger partial charge is 0.444 e. The molecule has 0 spiro atoms. The number of amides is 1. The fourth-order valence-corrected chi connectivity index (χ4v) is 4.61. The normalized spacial score (nSPS) is 16.3. The number of alkyl halides is 3. The van der Waals surface area contributed by atoms with E-state index in [0.717, 1.165) is 11.8 Å². The molecule has 210 valence electrons. The number of aromatic nitrogens is 6. The molecule has 5 rings (SSSR count). The first kappa shape index (κ1) is 27.3. The topological polar surface area (TPSA) is 111 Å². The Morgan fingerprint density at radius 2 is 1.88 bits per heavy atom. The lowest BCUT2D eigenvalue weighted by Crippen LogP contribution is -2.49. The number of ether oxygens (including phenoxy) is 1. The zero-order chi connectivity index (χ0) is 28.7. The van der Waals surface area contributed by atoms with Gasteiger partial charge in [-0.05, 0) is 58.7 Å². The molecule has 0 aliphatic carbocycles. The van der Waals surface area contributed by atoms with Crippen molar-refractivity contribution in [3.8, 4) is 17.2 Å². The highest BCUT2D eigenvalue weighted by Gasteiger charge is 2.37. The van der Waals surface area contributed by atoms with Crippen molar-refractivity contribution in [2.24, 2.45) is 0 Å². The minimum absolute atomic E-state index is 0.152. The molecule has 4 aromatic rings. The van der Waals surface area contributed by atoms with Gasteiger partial charge in [-0.25, -0.2) is 19.4 Å². The van der Waals surface area contributed by atoms with Gasteiger partial charge in [0.25, 0.3) is 0 Å². The van der Waals surface area contributed by atoms with Gasteiger partial charge in [0.15, 0.2) is 5.82 Å². The van der Waals surface area contributed by atoms with Crippen LogP contribution < -0.4 is 10.2 Å². The lowest BCUT2D eigenvalue weighted by molar-refractivity contribution is -0.137. The number of hydrogen-bond acceptors (Lipinski definition) is 8. The second-order valence-corrected chi connectivity index (χ2v) is 10.7. The Balaban J connectivity index is 1.50. The number of piperidine rings is 1. The van der Waals surface area contributed by atoms with Gasteiger partial charge in [-0.1, -0.05) is 0 Å². The average Bonchev–Trinajstić information content (AvgIpc) is 3.30. The van der Waals surface area contributed by atoms with Crippen LogP contribution in [0.1, 0.15) is 44.9 Å². The van der Waals surface area contributed by atoms with Crippen molar-refractivity contribution in [1.82, 2.24) is 35.0 Å². The molecule has 10 nitrogen and oxygen atoms in total. The van der Waals surface area contributed by atoms with Gasteiger partial charge >= 0.3 is 12.3 Å². The van der Waals surface area contributed by atoms with Crippen LogP contribution in [0.2, 0.25) is 0 Å². The van der Waals surface area contributed by atoms with Gasteiger partial charge in [0.1, 0.15) is 17.1 Å². The van der Waals surface area contributed by atoms with E-state index in [9.17, 15) is 18.0 Å². The summed E-state index contributed by atoms with van der Waals surface area (Å²) < 4.78 is 49.1. The number of nitrogens with one attached hydrogen (secondary N) is 1. The van der Waals surface area contributed by atoms with Gasteiger partial charge in [-0.3, -0.25) is 9.97 Å². The average molecular weight is 555 g/mol. The third kappa shape index (κ3) is 5.97. The number of rotatable bonds is 4. The standard InChI is InChI=1S/C27H29F3N8O2/c1-16-11-31-14-21(34-16)20-10-22-17(12-32-20)13-33-38(22)23-8-7-19(27(28,29)30)24(36-23)37-9-5-6-18(15-37)35-25(39)40-26(2,3)4/h7-8,10-14,18H,5-6,9,15H2,1-4H3,(H,35,39). The van der Waals surface area contributed by atoms with Gasteiger partial charge in [-0.15, -0.1) is 0 Å². The maximum absolute atomic E-state index is 14.1. The van der Waals surface area contributed by atoms with E-state index >= 15 is 0 Å². The summed E-state index contributed by atoms with van der Waals surface area (Å²) in [6, 6.07) is 3.67. The predicted octanol–water partition coefficient (Wildman–Crippen LogP) is 5.09. The fourth-order valence-electron chi connectivity index (χ4n) is 4.61. The van der Waals surface area contributed by atoms with Gasteiger partial charge in [0.05, 0.1) is 34.9 Å². The first-order valence-electron chi connectivity index (χ1n) is 12.8. The molecule has 0 bridgehead atoms. The zero-order valence-electron chi connectivity index (χ0n) is 22.5. The third-order valence-corrected chi connectivity index (χ3v) is 6.29. The summed E-state index contributed by atoms with van der Waals surface area (Å²) in [5.74, 6) is -0.00382. The molecular weight excluding hydrogens is 525 g/mol. The fraction of sp³-hybridized carbons (Fsp3) is 0.407. The minimum atomic E-state index is -4.63. The van der Waals surface area contributed by atoms with Gasteiger partial charge in [0, 0.05) is 36.9 Å². The Morgan fingerprint density at radius 1 is 1.07 bits per heavy atom. The number of aryl methyl sites for hydroxylation is 1. The van der Waals surface area contributed by atoms with Crippen LogP contribution in [0.5, 0.6) is 0 Å². The lowest BCUT2D eigenvalue weighted by atomic mass is 10.0. The molecule has 1 atom stereocenters. The molecule has 5 heterocycles. The van der Waals surface area contributed by atoms with Crippen LogP contribution in [0, 0.1) is 6.92 Å². The van der Waals surface area contributed by atoms with Crippen molar-refractivity contribution in [2.75, 3.05) is 18.0 Å². The number of nitrogens with zero attached hydrogens (tertiary/aromatic N) is 7. The number of pyridine rings is 2. The maximum Gasteiger partial charge on any atom is 0.419 e.